The van der Waals surface area contributed by atoms with Gasteiger partial charge in [-0.2, -0.15) is 9.61 Å². The van der Waals surface area contributed by atoms with Crippen LogP contribution in [0.2, 0.25) is 0 Å². The number of nitrogens with zero attached hydrogens (tertiary/aromatic N) is 5. The smallest absolute Gasteiger partial charge is 0.234 e. The van der Waals surface area contributed by atoms with Gasteiger partial charge < -0.3 is 5.73 Å². The largest absolute Gasteiger partial charge is 0.397 e. The minimum absolute atomic E-state index is 0.485. The molecule has 0 atom stereocenters. The Labute approximate surface area is 126 Å². The van der Waals surface area contributed by atoms with Gasteiger partial charge in [-0.3, -0.25) is 4.98 Å². The number of nitrogens with two attached hydrogens (primary N) is 1. The molecule has 0 bridgehead atoms. The highest BCUT2D eigenvalue weighted by Gasteiger charge is 2.23. The number of aromatic nitrogens is 5. The normalized spacial score (nSPS) is 16.6. The fraction of sp³-hybridized carbons (Fsp3) is 0.429. The minimum atomic E-state index is 0.485. The van der Waals surface area contributed by atoms with E-state index in [0.717, 1.165) is 21.4 Å². The van der Waals surface area contributed by atoms with Crippen molar-refractivity contribution in [1.82, 2.24) is 24.8 Å². The number of anilines is 1. The lowest BCUT2D eigenvalue weighted by atomic mass is 9.89. The molecule has 0 saturated heterocycles. The molecule has 4 rings (SSSR count). The Balaban J connectivity index is 1.77. The summed E-state index contributed by atoms with van der Waals surface area (Å²) in [5.41, 5.74) is 7.54. The first-order chi connectivity index (χ1) is 10.3. The SMILES string of the molecule is Nc1cnccc1-c1nn2c(C3CCCCC3)nnc2s1. The molecule has 0 unspecified atom stereocenters. The molecule has 1 fully saturated rings. The van der Waals surface area contributed by atoms with Crippen molar-refractivity contribution >= 4 is 22.0 Å². The number of pyridine rings is 1. The van der Waals surface area contributed by atoms with E-state index in [1.807, 2.05) is 10.6 Å². The average molecular weight is 300 g/mol. The van der Waals surface area contributed by atoms with Crippen molar-refractivity contribution in [3.8, 4) is 10.6 Å². The van der Waals surface area contributed by atoms with Gasteiger partial charge in [-0.05, 0) is 18.9 Å². The van der Waals surface area contributed by atoms with Gasteiger partial charge in [0.2, 0.25) is 4.96 Å². The molecule has 3 heterocycles. The van der Waals surface area contributed by atoms with Crippen LogP contribution in [0.4, 0.5) is 5.69 Å². The van der Waals surface area contributed by atoms with Gasteiger partial charge in [0.05, 0.1) is 11.9 Å². The van der Waals surface area contributed by atoms with E-state index < -0.39 is 0 Å². The maximum absolute atomic E-state index is 5.98. The van der Waals surface area contributed by atoms with Crippen LogP contribution < -0.4 is 5.73 Å². The Morgan fingerprint density at radius 3 is 2.86 bits per heavy atom. The molecule has 6 nitrogen and oxygen atoms in total. The highest BCUT2D eigenvalue weighted by atomic mass is 32.1. The summed E-state index contributed by atoms with van der Waals surface area (Å²) in [4.78, 5) is 4.86. The number of nitrogen functional groups attached to an aromatic ring is 1. The number of fused-ring (bicyclic) bond motifs is 1. The molecule has 0 spiro atoms. The van der Waals surface area contributed by atoms with Gasteiger partial charge in [-0.15, -0.1) is 10.2 Å². The summed E-state index contributed by atoms with van der Waals surface area (Å²) in [6.45, 7) is 0. The standard InChI is InChI=1S/C14H16N6S/c15-11-8-16-7-6-10(11)13-19-20-12(17-18-14(20)21-13)9-4-2-1-3-5-9/h6-9H,1-5,15H2. The van der Waals surface area contributed by atoms with Gasteiger partial charge in [0.15, 0.2) is 5.82 Å². The van der Waals surface area contributed by atoms with E-state index in [2.05, 4.69) is 20.3 Å². The average Bonchev–Trinajstić information content (AvgIpc) is 3.08. The van der Waals surface area contributed by atoms with Gasteiger partial charge >= 0.3 is 0 Å². The number of hydrogen-bond donors (Lipinski definition) is 1. The van der Waals surface area contributed by atoms with Crippen LogP contribution in [0.25, 0.3) is 15.5 Å². The number of rotatable bonds is 2. The molecule has 21 heavy (non-hydrogen) atoms. The molecular weight excluding hydrogens is 284 g/mol. The van der Waals surface area contributed by atoms with Gasteiger partial charge in [0.1, 0.15) is 5.01 Å². The Bertz CT molecular complexity index is 771. The summed E-state index contributed by atoms with van der Waals surface area (Å²) in [5.74, 6) is 1.48. The summed E-state index contributed by atoms with van der Waals surface area (Å²) in [7, 11) is 0. The van der Waals surface area contributed by atoms with E-state index in [4.69, 9.17) is 5.73 Å². The maximum Gasteiger partial charge on any atom is 0.234 e. The van der Waals surface area contributed by atoms with Crippen molar-refractivity contribution in [2.45, 2.75) is 38.0 Å². The van der Waals surface area contributed by atoms with Crippen molar-refractivity contribution < 1.29 is 0 Å². The molecular formula is C14H16N6S. The predicted octanol–water partition coefficient (Wildman–Crippen LogP) is 2.88. The zero-order valence-electron chi connectivity index (χ0n) is 11.6. The first kappa shape index (κ1) is 12.7. The third-order valence-electron chi connectivity index (χ3n) is 4.07. The molecule has 0 radical (unpaired) electrons. The van der Waals surface area contributed by atoms with Gasteiger partial charge in [-0.1, -0.05) is 30.6 Å². The van der Waals surface area contributed by atoms with Crippen LogP contribution in [-0.4, -0.2) is 24.8 Å². The quantitative estimate of drug-likeness (QED) is 0.787. The van der Waals surface area contributed by atoms with Crippen LogP contribution >= 0.6 is 11.3 Å². The molecule has 2 N–H and O–H groups in total. The van der Waals surface area contributed by atoms with Crippen molar-refractivity contribution in [1.29, 1.82) is 0 Å². The van der Waals surface area contributed by atoms with Crippen LogP contribution in [0.5, 0.6) is 0 Å². The lowest BCUT2D eigenvalue weighted by Crippen LogP contribution is -2.09. The fourth-order valence-electron chi connectivity index (χ4n) is 2.96. The topological polar surface area (TPSA) is 82.0 Å². The van der Waals surface area contributed by atoms with E-state index in [-0.39, 0.29) is 0 Å². The molecule has 0 aromatic carbocycles. The Morgan fingerprint density at radius 2 is 2.05 bits per heavy atom. The van der Waals surface area contributed by atoms with E-state index >= 15 is 0 Å². The summed E-state index contributed by atoms with van der Waals surface area (Å²) < 4.78 is 1.90. The first-order valence-electron chi connectivity index (χ1n) is 7.25. The second kappa shape index (κ2) is 5.07. The highest BCUT2D eigenvalue weighted by Crippen LogP contribution is 2.34. The zero-order valence-corrected chi connectivity index (χ0v) is 12.4. The summed E-state index contributed by atoms with van der Waals surface area (Å²) in [5, 5.41) is 14.2. The number of hydrogen-bond acceptors (Lipinski definition) is 6. The predicted molar refractivity (Wildman–Crippen MR) is 82.1 cm³/mol. The van der Waals surface area contributed by atoms with Crippen LogP contribution in [0, 0.1) is 0 Å². The van der Waals surface area contributed by atoms with Crippen LogP contribution in [0.3, 0.4) is 0 Å². The van der Waals surface area contributed by atoms with E-state index in [1.165, 1.54) is 43.4 Å². The zero-order chi connectivity index (χ0) is 14.2. The van der Waals surface area contributed by atoms with E-state index in [9.17, 15) is 0 Å². The summed E-state index contributed by atoms with van der Waals surface area (Å²) >= 11 is 1.52. The third-order valence-corrected chi connectivity index (χ3v) is 5.00. The molecule has 1 aliphatic carbocycles. The van der Waals surface area contributed by atoms with Crippen molar-refractivity contribution in [2.75, 3.05) is 5.73 Å². The van der Waals surface area contributed by atoms with E-state index in [0.29, 0.717) is 11.6 Å². The van der Waals surface area contributed by atoms with Crippen LogP contribution in [-0.2, 0) is 0 Å². The second-order valence-corrected chi connectivity index (χ2v) is 6.41. The molecule has 3 aromatic rings. The third kappa shape index (κ3) is 2.17. The van der Waals surface area contributed by atoms with Crippen LogP contribution in [0.1, 0.15) is 43.8 Å². The molecule has 1 aliphatic rings. The second-order valence-electron chi connectivity index (χ2n) is 5.46. The maximum atomic E-state index is 5.98. The first-order valence-corrected chi connectivity index (χ1v) is 8.06. The van der Waals surface area contributed by atoms with Crippen molar-refractivity contribution in [3.63, 3.8) is 0 Å². The summed E-state index contributed by atoms with van der Waals surface area (Å²) in [6, 6.07) is 1.89. The van der Waals surface area contributed by atoms with Crippen molar-refractivity contribution in [3.05, 3.63) is 24.3 Å². The molecule has 7 heteroatoms. The van der Waals surface area contributed by atoms with Crippen molar-refractivity contribution in [2.24, 2.45) is 0 Å². The lowest BCUT2D eigenvalue weighted by molar-refractivity contribution is 0.423. The minimum Gasteiger partial charge on any atom is -0.397 e. The Hall–Kier alpha value is -2.02. The summed E-state index contributed by atoms with van der Waals surface area (Å²) in [6.07, 6.45) is 9.63. The Morgan fingerprint density at radius 1 is 1.19 bits per heavy atom. The molecule has 0 amide bonds. The van der Waals surface area contributed by atoms with Gasteiger partial charge in [0, 0.05) is 17.7 Å². The lowest BCUT2D eigenvalue weighted by Gasteiger charge is -2.18. The molecule has 1 saturated carbocycles. The Kier molecular flexibility index (Phi) is 3.07. The molecule has 3 aromatic heterocycles. The molecule has 0 aliphatic heterocycles. The van der Waals surface area contributed by atoms with Gasteiger partial charge in [0.25, 0.3) is 0 Å². The molecule has 108 valence electrons. The monoisotopic (exact) mass is 300 g/mol. The van der Waals surface area contributed by atoms with Crippen LogP contribution in [0.15, 0.2) is 18.5 Å². The fourth-order valence-corrected chi connectivity index (χ4v) is 3.85. The highest BCUT2D eigenvalue weighted by molar-refractivity contribution is 7.19. The van der Waals surface area contributed by atoms with Gasteiger partial charge in [-0.25, -0.2) is 0 Å². The van der Waals surface area contributed by atoms with E-state index in [1.54, 1.807) is 12.4 Å².